The van der Waals surface area contributed by atoms with E-state index in [4.69, 9.17) is 0 Å². The van der Waals surface area contributed by atoms with Gasteiger partial charge < -0.3 is 5.32 Å². The van der Waals surface area contributed by atoms with Crippen molar-refractivity contribution in [2.45, 2.75) is 70.9 Å². The molecule has 1 saturated heterocycles. The predicted octanol–water partition coefficient (Wildman–Crippen LogP) is 3.03. The highest BCUT2D eigenvalue weighted by Gasteiger charge is 2.46. The van der Waals surface area contributed by atoms with Gasteiger partial charge in [0.25, 0.3) is 0 Å². The molecule has 0 bridgehead atoms. The van der Waals surface area contributed by atoms with E-state index in [1.54, 1.807) is 0 Å². The monoisotopic (exact) mass is 250 g/mol. The summed E-state index contributed by atoms with van der Waals surface area (Å²) in [6, 6.07) is 0.669. The van der Waals surface area contributed by atoms with Crippen LogP contribution >= 0.6 is 0 Å². The molecule has 0 aromatic carbocycles. The van der Waals surface area contributed by atoms with E-state index in [1.807, 2.05) is 0 Å². The third-order valence-corrected chi connectivity index (χ3v) is 5.51. The minimum absolute atomic E-state index is 0.391. The second-order valence-electron chi connectivity index (χ2n) is 8.08. The van der Waals surface area contributed by atoms with Gasteiger partial charge in [-0.1, -0.05) is 33.6 Å². The van der Waals surface area contributed by atoms with Crippen molar-refractivity contribution in [1.82, 2.24) is 10.2 Å². The fraction of sp³-hybridized carbons (Fsp3) is 1.00. The zero-order chi connectivity index (χ0) is 12.8. The Bertz CT molecular complexity index is 295. The van der Waals surface area contributed by atoms with Crippen molar-refractivity contribution in [1.29, 1.82) is 0 Å². The van der Waals surface area contributed by atoms with Crippen molar-refractivity contribution in [3.63, 3.8) is 0 Å². The summed E-state index contributed by atoms with van der Waals surface area (Å²) in [5.41, 5.74) is 0.923. The van der Waals surface area contributed by atoms with Gasteiger partial charge in [-0.05, 0) is 37.0 Å². The van der Waals surface area contributed by atoms with Gasteiger partial charge in [-0.25, -0.2) is 0 Å². The quantitative estimate of drug-likeness (QED) is 0.810. The number of nitrogens with one attached hydrogen (secondary N) is 1. The maximum atomic E-state index is 3.87. The maximum absolute atomic E-state index is 3.87. The van der Waals surface area contributed by atoms with Gasteiger partial charge in [0.1, 0.15) is 0 Å². The second kappa shape index (κ2) is 4.49. The van der Waals surface area contributed by atoms with Gasteiger partial charge in [0.15, 0.2) is 0 Å². The Kier molecular flexibility index (Phi) is 3.22. The first-order chi connectivity index (χ1) is 8.50. The molecule has 2 saturated carbocycles. The van der Waals surface area contributed by atoms with E-state index in [-0.39, 0.29) is 0 Å². The van der Waals surface area contributed by atoms with Gasteiger partial charge in [-0.2, -0.15) is 0 Å². The lowest BCUT2D eigenvalue weighted by molar-refractivity contribution is 0.0137. The summed E-state index contributed by atoms with van der Waals surface area (Å²) in [5, 5.41) is 3.87. The summed E-state index contributed by atoms with van der Waals surface area (Å²) in [5.74, 6) is 1.03. The molecule has 0 radical (unpaired) electrons. The molecule has 0 amide bonds. The van der Waals surface area contributed by atoms with Gasteiger partial charge in [0.05, 0.1) is 0 Å². The Balaban J connectivity index is 1.72. The molecule has 1 aliphatic heterocycles. The van der Waals surface area contributed by atoms with Crippen molar-refractivity contribution < 1.29 is 0 Å². The second-order valence-corrected chi connectivity index (χ2v) is 8.08. The molecular formula is C16H30N2. The minimum atomic E-state index is 0.391. The molecule has 0 aromatic heterocycles. The lowest BCUT2D eigenvalue weighted by atomic mass is 9.81. The van der Waals surface area contributed by atoms with Crippen LogP contribution in [0.5, 0.6) is 0 Å². The molecule has 3 fully saturated rings. The van der Waals surface area contributed by atoms with Crippen molar-refractivity contribution in [2.75, 3.05) is 19.6 Å². The van der Waals surface area contributed by atoms with E-state index in [9.17, 15) is 0 Å². The zero-order valence-electron chi connectivity index (χ0n) is 12.5. The predicted molar refractivity (Wildman–Crippen MR) is 76.7 cm³/mol. The highest BCUT2D eigenvalue weighted by atomic mass is 15.3. The van der Waals surface area contributed by atoms with Crippen LogP contribution in [-0.2, 0) is 0 Å². The van der Waals surface area contributed by atoms with Crippen molar-refractivity contribution in [2.24, 2.45) is 11.3 Å². The number of hydrogen-bond acceptors (Lipinski definition) is 2. The maximum Gasteiger partial charge on any atom is 0.0334 e. The molecule has 2 aliphatic carbocycles. The molecule has 1 unspecified atom stereocenters. The fourth-order valence-electron chi connectivity index (χ4n) is 3.89. The van der Waals surface area contributed by atoms with Crippen LogP contribution in [0.3, 0.4) is 0 Å². The highest BCUT2D eigenvalue weighted by Crippen LogP contribution is 2.41. The SMILES string of the molecule is CC(C)(C)C1CN(CC2CC2)C2(CCCC2)CN1. The van der Waals surface area contributed by atoms with Gasteiger partial charge in [0.2, 0.25) is 0 Å². The molecule has 2 heteroatoms. The zero-order valence-corrected chi connectivity index (χ0v) is 12.5. The van der Waals surface area contributed by atoms with Crippen molar-refractivity contribution >= 4 is 0 Å². The fourth-order valence-corrected chi connectivity index (χ4v) is 3.89. The van der Waals surface area contributed by atoms with Crippen molar-refractivity contribution in [3.8, 4) is 0 Å². The minimum Gasteiger partial charge on any atom is -0.310 e. The van der Waals surface area contributed by atoms with Crippen LogP contribution in [0, 0.1) is 11.3 Å². The molecule has 1 atom stereocenters. The Hall–Kier alpha value is -0.0800. The van der Waals surface area contributed by atoms with Crippen LogP contribution in [-0.4, -0.2) is 36.1 Å². The largest absolute Gasteiger partial charge is 0.310 e. The number of rotatable bonds is 2. The van der Waals surface area contributed by atoms with E-state index in [0.29, 0.717) is 17.0 Å². The molecule has 104 valence electrons. The molecule has 0 aromatic rings. The number of hydrogen-bond donors (Lipinski definition) is 1. The third-order valence-electron chi connectivity index (χ3n) is 5.51. The molecule has 2 nitrogen and oxygen atoms in total. The Morgan fingerprint density at radius 1 is 1.17 bits per heavy atom. The standard InChI is InChI=1S/C16H30N2/c1-15(2,3)14-11-18(10-13-6-7-13)16(12-17-14)8-4-5-9-16/h13-14,17H,4-12H2,1-3H3. The summed E-state index contributed by atoms with van der Waals surface area (Å²) < 4.78 is 0. The van der Waals surface area contributed by atoms with Crippen LogP contribution in [0.25, 0.3) is 0 Å². The number of nitrogens with zero attached hydrogens (tertiary/aromatic N) is 1. The molecule has 1 N–H and O–H groups in total. The van der Waals surface area contributed by atoms with Crippen LogP contribution in [0.4, 0.5) is 0 Å². The average Bonchev–Trinajstić information content (AvgIpc) is 2.99. The lowest BCUT2D eigenvalue weighted by Gasteiger charge is -2.51. The Morgan fingerprint density at radius 2 is 1.83 bits per heavy atom. The summed E-state index contributed by atoms with van der Waals surface area (Å²) in [6.07, 6.45) is 8.74. The summed E-state index contributed by atoms with van der Waals surface area (Å²) in [7, 11) is 0. The first-order valence-electron chi connectivity index (χ1n) is 7.98. The normalized spacial score (nSPS) is 33.2. The number of piperazine rings is 1. The molecule has 3 aliphatic rings. The summed E-state index contributed by atoms with van der Waals surface area (Å²) in [6.45, 7) is 11.0. The molecule has 3 rings (SSSR count). The smallest absolute Gasteiger partial charge is 0.0334 e. The Labute approximate surface area is 113 Å². The van der Waals surface area contributed by atoms with Crippen LogP contribution < -0.4 is 5.32 Å². The van der Waals surface area contributed by atoms with E-state index >= 15 is 0 Å². The lowest BCUT2D eigenvalue weighted by Crippen LogP contribution is -2.66. The van der Waals surface area contributed by atoms with E-state index in [0.717, 1.165) is 5.92 Å². The highest BCUT2D eigenvalue weighted by molar-refractivity contribution is 5.04. The van der Waals surface area contributed by atoms with Gasteiger partial charge in [0, 0.05) is 31.2 Å². The van der Waals surface area contributed by atoms with E-state index in [1.165, 1.54) is 58.2 Å². The molecule has 1 heterocycles. The van der Waals surface area contributed by atoms with E-state index in [2.05, 4.69) is 31.0 Å². The topological polar surface area (TPSA) is 15.3 Å². The van der Waals surface area contributed by atoms with Gasteiger partial charge in [-0.3, -0.25) is 4.90 Å². The summed E-state index contributed by atoms with van der Waals surface area (Å²) in [4.78, 5) is 2.89. The van der Waals surface area contributed by atoms with Crippen LogP contribution in [0.1, 0.15) is 59.3 Å². The molecular weight excluding hydrogens is 220 g/mol. The first kappa shape index (κ1) is 12.9. The van der Waals surface area contributed by atoms with Gasteiger partial charge in [-0.15, -0.1) is 0 Å². The molecule has 1 spiro atoms. The Morgan fingerprint density at radius 3 is 2.39 bits per heavy atom. The van der Waals surface area contributed by atoms with E-state index < -0.39 is 0 Å². The third kappa shape index (κ3) is 2.46. The van der Waals surface area contributed by atoms with Gasteiger partial charge >= 0.3 is 0 Å². The van der Waals surface area contributed by atoms with Crippen LogP contribution in [0.15, 0.2) is 0 Å². The molecule has 18 heavy (non-hydrogen) atoms. The summed E-state index contributed by atoms with van der Waals surface area (Å²) >= 11 is 0. The average molecular weight is 250 g/mol. The van der Waals surface area contributed by atoms with Crippen molar-refractivity contribution in [3.05, 3.63) is 0 Å². The van der Waals surface area contributed by atoms with Crippen LogP contribution in [0.2, 0.25) is 0 Å². The first-order valence-corrected chi connectivity index (χ1v) is 7.98.